The number of aliphatic hydroxyl groups is 1. The Labute approximate surface area is 136 Å². The van der Waals surface area contributed by atoms with Crippen LogP contribution in [-0.2, 0) is 17.5 Å². The van der Waals surface area contributed by atoms with Gasteiger partial charge in [0.05, 0.1) is 12.7 Å². The van der Waals surface area contributed by atoms with Crippen molar-refractivity contribution >= 4 is 8.32 Å². The minimum absolute atomic E-state index is 0.191. The Morgan fingerprint density at radius 3 is 2.36 bits per heavy atom. The molecule has 22 heavy (non-hydrogen) atoms. The van der Waals surface area contributed by atoms with Crippen molar-refractivity contribution in [1.29, 1.82) is 0 Å². The van der Waals surface area contributed by atoms with Gasteiger partial charge in [-0.25, -0.2) is 0 Å². The predicted molar refractivity (Wildman–Crippen MR) is 95.0 cm³/mol. The van der Waals surface area contributed by atoms with E-state index < -0.39 is 14.4 Å². The van der Waals surface area contributed by atoms with E-state index in [0.717, 1.165) is 17.7 Å². The average Bonchev–Trinajstić information content (AvgIpc) is 2.41. The molecular weight excluding hydrogens is 292 g/mol. The summed E-state index contributed by atoms with van der Waals surface area (Å²) in [6.07, 6.45) is 0.494. The Bertz CT molecular complexity index is 476. The number of rotatable bonds is 7. The Kier molecular flexibility index (Phi) is 6.65. The highest BCUT2D eigenvalue weighted by Gasteiger charge is 2.37. The summed E-state index contributed by atoms with van der Waals surface area (Å²) < 4.78 is 12.1. The van der Waals surface area contributed by atoms with Crippen LogP contribution in [0.4, 0.5) is 0 Å². The molecule has 1 atom stereocenters. The second-order valence-corrected chi connectivity index (χ2v) is 12.3. The van der Waals surface area contributed by atoms with Gasteiger partial charge in [0, 0.05) is 5.56 Å². The molecule has 1 unspecified atom stereocenters. The Morgan fingerprint density at radius 2 is 1.86 bits per heavy atom. The molecule has 4 heteroatoms. The van der Waals surface area contributed by atoms with Crippen molar-refractivity contribution in [2.75, 3.05) is 6.61 Å². The summed E-state index contributed by atoms with van der Waals surface area (Å²) in [7, 11) is -1.78. The van der Waals surface area contributed by atoms with Gasteiger partial charge >= 0.3 is 0 Å². The number of hydrogen-bond donors (Lipinski definition) is 1. The lowest BCUT2D eigenvalue weighted by atomic mass is 10.1. The molecule has 0 bridgehead atoms. The molecule has 126 valence electrons. The summed E-state index contributed by atoms with van der Waals surface area (Å²) in [5.41, 5.74) is 2.29. The second kappa shape index (κ2) is 7.62. The molecule has 0 aliphatic carbocycles. The van der Waals surface area contributed by atoms with Crippen LogP contribution in [0.5, 0.6) is 5.75 Å². The molecule has 0 saturated heterocycles. The van der Waals surface area contributed by atoms with Crippen LogP contribution >= 0.6 is 0 Å². The van der Waals surface area contributed by atoms with Gasteiger partial charge in [0.15, 0.2) is 8.32 Å². The number of aliphatic hydroxyl groups excluding tert-OH is 1. The summed E-state index contributed by atoms with van der Waals surface area (Å²) in [4.78, 5) is 0. The topological polar surface area (TPSA) is 38.7 Å². The van der Waals surface area contributed by atoms with Crippen molar-refractivity contribution in [3.05, 3.63) is 29.3 Å². The fraction of sp³-hybridized carbons (Fsp3) is 0.667. The smallest absolute Gasteiger partial charge is 0.192 e. The SMILES string of the molecule is CCc1ccc(CO[Si](C)(C)C(C)(C)C)c(OCC(C)O)c1. The standard InChI is InChI=1S/C18H32O3Si/c1-8-15-9-10-16(17(11-15)20-12-14(2)19)13-21-22(6,7)18(3,4)5/h9-11,14,19H,8,12-13H2,1-7H3. The van der Waals surface area contributed by atoms with Gasteiger partial charge in [-0.15, -0.1) is 0 Å². The zero-order valence-corrected chi connectivity index (χ0v) is 16.2. The molecule has 0 radical (unpaired) electrons. The van der Waals surface area contributed by atoms with Crippen LogP contribution < -0.4 is 4.74 Å². The van der Waals surface area contributed by atoms with E-state index in [1.807, 2.05) is 0 Å². The lowest BCUT2D eigenvalue weighted by Crippen LogP contribution is -2.40. The van der Waals surface area contributed by atoms with Crippen LogP contribution in [-0.4, -0.2) is 26.1 Å². The van der Waals surface area contributed by atoms with Crippen molar-refractivity contribution in [2.24, 2.45) is 0 Å². The highest BCUT2D eigenvalue weighted by atomic mass is 28.4. The van der Waals surface area contributed by atoms with E-state index in [2.05, 4.69) is 59.0 Å². The fourth-order valence-electron chi connectivity index (χ4n) is 1.76. The van der Waals surface area contributed by atoms with Crippen molar-refractivity contribution in [3.8, 4) is 5.75 Å². The number of ether oxygens (including phenoxy) is 1. The van der Waals surface area contributed by atoms with Gasteiger partial charge in [-0.1, -0.05) is 39.8 Å². The quantitative estimate of drug-likeness (QED) is 0.749. The number of aryl methyl sites for hydroxylation is 1. The first-order valence-electron chi connectivity index (χ1n) is 8.13. The number of hydrogen-bond acceptors (Lipinski definition) is 3. The van der Waals surface area contributed by atoms with Crippen molar-refractivity contribution in [2.45, 2.75) is 71.9 Å². The Balaban J connectivity index is 2.89. The van der Waals surface area contributed by atoms with Crippen molar-refractivity contribution in [1.82, 2.24) is 0 Å². The minimum atomic E-state index is -1.78. The van der Waals surface area contributed by atoms with E-state index in [0.29, 0.717) is 13.2 Å². The maximum Gasteiger partial charge on any atom is 0.192 e. The van der Waals surface area contributed by atoms with Crippen molar-refractivity contribution < 1.29 is 14.3 Å². The maximum absolute atomic E-state index is 9.45. The van der Waals surface area contributed by atoms with Gasteiger partial charge in [-0.05, 0) is 43.1 Å². The zero-order chi connectivity index (χ0) is 17.0. The molecule has 1 N–H and O–H groups in total. The molecule has 1 aromatic carbocycles. The number of benzene rings is 1. The molecule has 0 heterocycles. The van der Waals surface area contributed by atoms with Crippen LogP contribution in [0.1, 0.15) is 45.7 Å². The van der Waals surface area contributed by atoms with Crippen molar-refractivity contribution in [3.63, 3.8) is 0 Å². The normalized spacial score (nSPS) is 14.0. The molecule has 0 fully saturated rings. The first-order valence-corrected chi connectivity index (χ1v) is 11.0. The molecule has 0 amide bonds. The summed E-state index contributed by atoms with van der Waals surface area (Å²) in [5.74, 6) is 0.832. The summed E-state index contributed by atoms with van der Waals surface area (Å²) in [6, 6.07) is 6.27. The zero-order valence-electron chi connectivity index (χ0n) is 15.2. The van der Waals surface area contributed by atoms with Gasteiger partial charge < -0.3 is 14.3 Å². The van der Waals surface area contributed by atoms with Gasteiger partial charge in [0.1, 0.15) is 12.4 Å². The monoisotopic (exact) mass is 324 g/mol. The first kappa shape index (κ1) is 19.2. The third-order valence-corrected chi connectivity index (χ3v) is 8.89. The Hall–Kier alpha value is -0.843. The largest absolute Gasteiger partial charge is 0.491 e. The molecule has 0 aliphatic heterocycles. The third kappa shape index (κ3) is 5.41. The third-order valence-electron chi connectivity index (χ3n) is 4.41. The Morgan fingerprint density at radius 1 is 1.23 bits per heavy atom. The first-order chi connectivity index (χ1) is 10.1. The lowest BCUT2D eigenvalue weighted by molar-refractivity contribution is 0.121. The van der Waals surface area contributed by atoms with Gasteiger partial charge in [0.2, 0.25) is 0 Å². The van der Waals surface area contributed by atoms with E-state index in [1.54, 1.807) is 6.92 Å². The lowest BCUT2D eigenvalue weighted by Gasteiger charge is -2.36. The van der Waals surface area contributed by atoms with Crippen LogP contribution in [0.25, 0.3) is 0 Å². The van der Waals surface area contributed by atoms with E-state index in [4.69, 9.17) is 9.16 Å². The van der Waals surface area contributed by atoms with Gasteiger partial charge in [0.25, 0.3) is 0 Å². The molecule has 3 nitrogen and oxygen atoms in total. The highest BCUT2D eigenvalue weighted by Crippen LogP contribution is 2.37. The summed E-state index contributed by atoms with van der Waals surface area (Å²) in [6.45, 7) is 16.0. The van der Waals surface area contributed by atoms with E-state index in [1.165, 1.54) is 5.56 Å². The molecule has 0 spiro atoms. The van der Waals surface area contributed by atoms with E-state index >= 15 is 0 Å². The predicted octanol–water partition coefficient (Wildman–Crippen LogP) is 4.53. The fourth-order valence-corrected chi connectivity index (χ4v) is 2.71. The highest BCUT2D eigenvalue weighted by molar-refractivity contribution is 6.74. The average molecular weight is 325 g/mol. The molecule has 1 aromatic rings. The molecule has 1 rings (SSSR count). The van der Waals surface area contributed by atoms with Crippen LogP contribution in [0.3, 0.4) is 0 Å². The van der Waals surface area contributed by atoms with Gasteiger partial charge in [-0.2, -0.15) is 0 Å². The van der Waals surface area contributed by atoms with Gasteiger partial charge in [-0.3, -0.25) is 0 Å². The molecule has 0 saturated carbocycles. The summed E-state index contributed by atoms with van der Waals surface area (Å²) in [5, 5.41) is 9.64. The second-order valence-electron chi connectivity index (χ2n) is 7.50. The van der Waals surface area contributed by atoms with Crippen LogP contribution in [0.2, 0.25) is 18.1 Å². The van der Waals surface area contributed by atoms with Crippen LogP contribution in [0.15, 0.2) is 18.2 Å². The molecular formula is C18H32O3Si. The maximum atomic E-state index is 9.45. The molecule has 0 aromatic heterocycles. The van der Waals surface area contributed by atoms with Crippen LogP contribution in [0, 0.1) is 0 Å². The molecule has 0 aliphatic rings. The minimum Gasteiger partial charge on any atom is -0.491 e. The van der Waals surface area contributed by atoms with E-state index in [9.17, 15) is 5.11 Å². The van der Waals surface area contributed by atoms with E-state index in [-0.39, 0.29) is 5.04 Å². The summed E-state index contributed by atoms with van der Waals surface area (Å²) >= 11 is 0.